The van der Waals surface area contributed by atoms with E-state index in [0.29, 0.717) is 16.7 Å². The topological polar surface area (TPSA) is 81.2 Å². The smallest absolute Gasteiger partial charge is 0.0998 e. The summed E-state index contributed by atoms with van der Waals surface area (Å²) in [5.41, 5.74) is 11.7. The van der Waals surface area contributed by atoms with Crippen molar-refractivity contribution >= 4 is 43.6 Å². The lowest BCUT2D eigenvalue weighted by Crippen LogP contribution is -1.98. The van der Waals surface area contributed by atoms with E-state index in [1.165, 1.54) is 21.8 Å². The maximum atomic E-state index is 10.0. The van der Waals surface area contributed by atoms with E-state index in [2.05, 4.69) is 124 Å². The van der Waals surface area contributed by atoms with Crippen molar-refractivity contribution in [1.82, 2.24) is 9.13 Å². The summed E-state index contributed by atoms with van der Waals surface area (Å²) in [6.07, 6.45) is 0. The number of hydrogen-bond acceptors (Lipinski definition) is 3. The lowest BCUT2D eigenvalue weighted by molar-refractivity contribution is 1.18. The van der Waals surface area contributed by atoms with Crippen molar-refractivity contribution in [2.24, 2.45) is 0 Å². The molecule has 0 unspecified atom stereocenters. The normalized spacial score (nSPS) is 11.1. The van der Waals surface area contributed by atoms with Crippen LogP contribution in [0, 0.1) is 34.0 Å². The van der Waals surface area contributed by atoms with Gasteiger partial charge in [-0.05, 0) is 83.4 Å². The van der Waals surface area contributed by atoms with Crippen LogP contribution in [0.15, 0.2) is 152 Å². The van der Waals surface area contributed by atoms with E-state index in [-0.39, 0.29) is 0 Å². The minimum atomic E-state index is 0.522. The van der Waals surface area contributed by atoms with Crippen LogP contribution in [0.2, 0.25) is 0 Å². The van der Waals surface area contributed by atoms with Gasteiger partial charge in [0.15, 0.2) is 0 Å². The molecule has 0 aliphatic carbocycles. The largest absolute Gasteiger partial charge is 0.309 e. The fourth-order valence-corrected chi connectivity index (χ4v) is 7.37. The van der Waals surface area contributed by atoms with Crippen molar-refractivity contribution in [2.75, 3.05) is 0 Å². The third kappa shape index (κ3) is 4.38. The molecule has 9 aromatic rings. The SMILES string of the molecule is N#Cc1ccc(-c2ccc(-c3ccc(-n4c5ccccc5c5ccccc54)cc3)cc2)c(-n2c3ccc(C#N)cc3c3c(C#N)cccc32)c1. The van der Waals surface area contributed by atoms with Crippen LogP contribution in [0.3, 0.4) is 0 Å². The molecule has 0 saturated heterocycles. The van der Waals surface area contributed by atoms with Crippen LogP contribution in [-0.4, -0.2) is 9.13 Å². The summed E-state index contributed by atoms with van der Waals surface area (Å²) in [4.78, 5) is 0. The van der Waals surface area contributed by atoms with Crippen LogP contribution in [-0.2, 0) is 0 Å². The Labute approximate surface area is 287 Å². The summed E-state index contributed by atoms with van der Waals surface area (Å²) < 4.78 is 4.42. The van der Waals surface area contributed by atoms with Crippen molar-refractivity contribution in [3.63, 3.8) is 0 Å². The van der Waals surface area contributed by atoms with E-state index in [1.807, 2.05) is 42.5 Å². The lowest BCUT2D eigenvalue weighted by atomic mass is 9.98. The molecule has 2 heterocycles. The number of fused-ring (bicyclic) bond motifs is 6. The second kappa shape index (κ2) is 11.4. The van der Waals surface area contributed by atoms with E-state index in [4.69, 9.17) is 0 Å². The molecule has 0 spiro atoms. The second-order valence-corrected chi connectivity index (χ2v) is 12.3. The van der Waals surface area contributed by atoms with Crippen molar-refractivity contribution in [1.29, 1.82) is 15.8 Å². The molecule has 230 valence electrons. The molecule has 0 aliphatic rings. The molecule has 0 N–H and O–H groups in total. The number of nitrogens with zero attached hydrogens (tertiary/aromatic N) is 5. The van der Waals surface area contributed by atoms with Gasteiger partial charge in [0.05, 0.1) is 62.7 Å². The van der Waals surface area contributed by atoms with Crippen molar-refractivity contribution in [3.05, 3.63) is 168 Å². The summed E-state index contributed by atoms with van der Waals surface area (Å²) in [6.45, 7) is 0. The minimum absolute atomic E-state index is 0.522. The third-order valence-electron chi connectivity index (χ3n) is 9.64. The van der Waals surface area contributed by atoms with Gasteiger partial charge in [0, 0.05) is 32.8 Å². The average Bonchev–Trinajstić information content (AvgIpc) is 3.70. The molecule has 0 amide bonds. The molecule has 0 bridgehead atoms. The Bertz CT molecular complexity index is 2890. The van der Waals surface area contributed by atoms with Gasteiger partial charge in [-0.1, -0.05) is 84.9 Å². The molecular formula is C45H25N5. The number of para-hydroxylation sites is 2. The highest BCUT2D eigenvalue weighted by Crippen LogP contribution is 2.39. The molecule has 5 nitrogen and oxygen atoms in total. The summed E-state index contributed by atoms with van der Waals surface area (Å²) in [5, 5.41) is 33.7. The predicted octanol–water partition coefficient (Wildman–Crippen LogP) is 10.8. The Hall–Kier alpha value is -7.39. The summed E-state index contributed by atoms with van der Waals surface area (Å²) in [5.74, 6) is 0. The predicted molar refractivity (Wildman–Crippen MR) is 200 cm³/mol. The van der Waals surface area contributed by atoms with Crippen LogP contribution in [0.5, 0.6) is 0 Å². The Morgan fingerprint density at radius 2 is 0.960 bits per heavy atom. The summed E-state index contributed by atoms with van der Waals surface area (Å²) in [6, 6.07) is 58.0. The molecule has 5 heteroatoms. The van der Waals surface area contributed by atoms with E-state index in [0.717, 1.165) is 55.4 Å². The zero-order chi connectivity index (χ0) is 33.8. The van der Waals surface area contributed by atoms with Gasteiger partial charge >= 0.3 is 0 Å². The van der Waals surface area contributed by atoms with Gasteiger partial charge in [0.2, 0.25) is 0 Å². The standard InChI is InChI=1S/C45H25N5/c46-26-29-13-23-42-39(24-29)45-34(28-48)6-5-11-43(45)50(42)44-25-30(27-47)12-22-36(44)33-16-14-31(15-17-33)32-18-20-35(21-19-32)49-40-9-3-1-7-37(40)38-8-2-4-10-41(38)49/h1-25H. The van der Waals surface area contributed by atoms with E-state index < -0.39 is 0 Å². The van der Waals surface area contributed by atoms with Crippen LogP contribution in [0.25, 0.3) is 77.2 Å². The molecular weight excluding hydrogens is 611 g/mol. The monoisotopic (exact) mass is 635 g/mol. The Kier molecular flexibility index (Phi) is 6.56. The lowest BCUT2D eigenvalue weighted by Gasteiger charge is -2.15. The van der Waals surface area contributed by atoms with Gasteiger partial charge in [-0.3, -0.25) is 0 Å². The van der Waals surface area contributed by atoms with Crippen LogP contribution in [0.1, 0.15) is 16.7 Å². The first-order chi connectivity index (χ1) is 24.7. The molecule has 0 radical (unpaired) electrons. The minimum Gasteiger partial charge on any atom is -0.309 e. The average molecular weight is 636 g/mol. The van der Waals surface area contributed by atoms with Gasteiger partial charge in [0.25, 0.3) is 0 Å². The van der Waals surface area contributed by atoms with Crippen LogP contribution < -0.4 is 0 Å². The van der Waals surface area contributed by atoms with Crippen LogP contribution >= 0.6 is 0 Å². The highest BCUT2D eigenvalue weighted by molar-refractivity contribution is 6.13. The number of nitriles is 3. The maximum absolute atomic E-state index is 10.0. The second-order valence-electron chi connectivity index (χ2n) is 12.3. The molecule has 50 heavy (non-hydrogen) atoms. The van der Waals surface area contributed by atoms with E-state index in [9.17, 15) is 15.8 Å². The van der Waals surface area contributed by atoms with Gasteiger partial charge in [-0.2, -0.15) is 15.8 Å². The first kappa shape index (κ1) is 28.8. The number of benzene rings is 7. The summed E-state index contributed by atoms with van der Waals surface area (Å²) in [7, 11) is 0. The molecule has 2 aromatic heterocycles. The number of rotatable bonds is 4. The first-order valence-corrected chi connectivity index (χ1v) is 16.3. The molecule has 9 rings (SSSR count). The molecule has 0 saturated carbocycles. The van der Waals surface area contributed by atoms with Crippen molar-refractivity contribution in [2.45, 2.75) is 0 Å². The quantitative estimate of drug-likeness (QED) is 0.193. The fraction of sp³-hybridized carbons (Fsp3) is 0. The number of hydrogen-bond donors (Lipinski definition) is 0. The third-order valence-corrected chi connectivity index (χ3v) is 9.64. The van der Waals surface area contributed by atoms with Crippen molar-refractivity contribution in [3.8, 4) is 51.8 Å². The fourth-order valence-electron chi connectivity index (χ4n) is 7.37. The summed E-state index contributed by atoms with van der Waals surface area (Å²) >= 11 is 0. The molecule has 7 aromatic carbocycles. The van der Waals surface area contributed by atoms with E-state index in [1.54, 1.807) is 12.1 Å². The maximum Gasteiger partial charge on any atom is 0.0998 e. The first-order valence-electron chi connectivity index (χ1n) is 16.3. The molecule has 0 fully saturated rings. The van der Waals surface area contributed by atoms with Gasteiger partial charge in [-0.15, -0.1) is 0 Å². The van der Waals surface area contributed by atoms with Crippen LogP contribution in [0.4, 0.5) is 0 Å². The zero-order valence-corrected chi connectivity index (χ0v) is 26.7. The Morgan fingerprint density at radius 3 is 1.62 bits per heavy atom. The van der Waals surface area contributed by atoms with Gasteiger partial charge in [0.1, 0.15) is 0 Å². The Balaban J connectivity index is 1.14. The van der Waals surface area contributed by atoms with Gasteiger partial charge < -0.3 is 9.13 Å². The molecule has 0 aliphatic heterocycles. The van der Waals surface area contributed by atoms with Gasteiger partial charge in [-0.25, -0.2) is 0 Å². The highest BCUT2D eigenvalue weighted by Gasteiger charge is 2.19. The zero-order valence-electron chi connectivity index (χ0n) is 26.7. The Morgan fingerprint density at radius 1 is 0.400 bits per heavy atom. The van der Waals surface area contributed by atoms with E-state index >= 15 is 0 Å². The highest BCUT2D eigenvalue weighted by atomic mass is 15.0. The molecule has 0 atom stereocenters. The number of aromatic nitrogens is 2. The van der Waals surface area contributed by atoms with Crippen molar-refractivity contribution < 1.29 is 0 Å².